The van der Waals surface area contributed by atoms with Crippen molar-refractivity contribution in [1.82, 2.24) is 0 Å². The van der Waals surface area contributed by atoms with Crippen LogP contribution in [0.15, 0.2) is 0 Å². The minimum atomic E-state index is -6.63. The molecule has 25 heavy (non-hydrogen) atoms. The Bertz CT molecular complexity index is 566. The standard InChI is InChI=1S/C12H20F6O5S2/c1-3-5-7-9(13)11(15,16)24(19,20)23-25(21,22)12(17,18)10(14)8-6-4-2/h9-10H,3-8H2,1-2H3. The Morgan fingerprint density at radius 1 is 0.760 bits per heavy atom. The lowest BCUT2D eigenvalue weighted by atomic mass is 10.2. The zero-order chi connectivity index (χ0) is 20.1. The van der Waals surface area contributed by atoms with Crippen molar-refractivity contribution in [3.63, 3.8) is 0 Å². The fourth-order valence-electron chi connectivity index (χ4n) is 1.62. The van der Waals surface area contributed by atoms with E-state index in [0.29, 0.717) is 0 Å². The van der Waals surface area contributed by atoms with Crippen molar-refractivity contribution in [3.05, 3.63) is 0 Å². The predicted octanol–water partition coefficient (Wildman–Crippen LogP) is 3.90. The summed E-state index contributed by atoms with van der Waals surface area (Å²) in [6.45, 7) is 2.97. The van der Waals surface area contributed by atoms with Gasteiger partial charge >= 0.3 is 30.7 Å². The number of alkyl halides is 6. The van der Waals surface area contributed by atoms with E-state index in [1.807, 2.05) is 0 Å². The number of halogens is 6. The average molecular weight is 422 g/mol. The maximum absolute atomic E-state index is 13.5. The normalized spacial score (nSPS) is 16.6. The highest BCUT2D eigenvalue weighted by atomic mass is 32.3. The molecule has 0 heterocycles. The molecule has 0 spiro atoms. The van der Waals surface area contributed by atoms with Crippen molar-refractivity contribution >= 4 is 20.2 Å². The van der Waals surface area contributed by atoms with Crippen molar-refractivity contribution in [1.29, 1.82) is 0 Å². The summed E-state index contributed by atoms with van der Waals surface area (Å²) in [5.41, 5.74) is 0. The van der Waals surface area contributed by atoms with Crippen molar-refractivity contribution in [3.8, 4) is 0 Å². The van der Waals surface area contributed by atoms with Crippen molar-refractivity contribution in [2.75, 3.05) is 0 Å². The number of unbranched alkanes of at least 4 members (excludes halogenated alkanes) is 2. The molecular formula is C12H20F6O5S2. The van der Waals surface area contributed by atoms with Crippen LogP contribution in [0, 0.1) is 0 Å². The topological polar surface area (TPSA) is 77.5 Å². The first-order valence-corrected chi connectivity index (χ1v) is 10.2. The van der Waals surface area contributed by atoms with E-state index in [1.54, 1.807) is 0 Å². The molecule has 0 saturated carbocycles. The fourth-order valence-corrected chi connectivity index (χ4v) is 4.16. The molecule has 5 nitrogen and oxygen atoms in total. The molecule has 0 aliphatic rings. The molecule has 0 aromatic rings. The van der Waals surface area contributed by atoms with Gasteiger partial charge in [-0.1, -0.05) is 39.5 Å². The summed E-state index contributed by atoms with van der Waals surface area (Å²) < 4.78 is 129. The van der Waals surface area contributed by atoms with Crippen molar-refractivity contribution < 1.29 is 46.8 Å². The summed E-state index contributed by atoms with van der Waals surface area (Å²) >= 11 is 0. The molecule has 2 atom stereocenters. The van der Waals surface area contributed by atoms with Crippen LogP contribution in [0.4, 0.5) is 26.3 Å². The Labute approximate surface area is 143 Å². The Morgan fingerprint density at radius 3 is 1.28 bits per heavy atom. The van der Waals surface area contributed by atoms with Crippen molar-refractivity contribution in [2.24, 2.45) is 0 Å². The summed E-state index contributed by atoms with van der Waals surface area (Å²) in [6.07, 6.45) is -8.58. The number of hydrogen-bond acceptors (Lipinski definition) is 5. The molecule has 13 heteroatoms. The van der Waals surface area contributed by atoms with Gasteiger partial charge < -0.3 is 0 Å². The van der Waals surface area contributed by atoms with Gasteiger partial charge in [-0.25, -0.2) is 8.78 Å². The van der Waals surface area contributed by atoms with Gasteiger partial charge in [0.2, 0.25) is 0 Å². The molecule has 0 fully saturated rings. The molecule has 0 aliphatic carbocycles. The fraction of sp³-hybridized carbons (Fsp3) is 1.00. The highest BCUT2D eigenvalue weighted by Gasteiger charge is 2.61. The second-order valence-corrected chi connectivity index (χ2v) is 8.77. The van der Waals surface area contributed by atoms with E-state index < -0.39 is 55.9 Å². The second kappa shape index (κ2) is 8.89. The lowest BCUT2D eigenvalue weighted by Gasteiger charge is -2.23. The third-order valence-electron chi connectivity index (χ3n) is 3.20. The smallest absolute Gasteiger partial charge is 0.239 e. The third-order valence-corrected chi connectivity index (χ3v) is 6.48. The van der Waals surface area contributed by atoms with Gasteiger partial charge in [-0.15, -0.1) is 3.63 Å². The number of hydrogen-bond donors (Lipinski definition) is 0. The molecule has 0 amide bonds. The average Bonchev–Trinajstić information content (AvgIpc) is 2.48. The highest BCUT2D eigenvalue weighted by molar-refractivity contribution is 8.00. The molecule has 0 radical (unpaired) electrons. The summed E-state index contributed by atoms with van der Waals surface area (Å²) in [7, 11) is -13.3. The maximum Gasteiger partial charge on any atom is 0.401 e. The Kier molecular flexibility index (Phi) is 8.69. The quantitative estimate of drug-likeness (QED) is 0.446. The van der Waals surface area contributed by atoms with Gasteiger partial charge in [0.25, 0.3) is 0 Å². The van der Waals surface area contributed by atoms with Gasteiger partial charge in [0.15, 0.2) is 12.3 Å². The molecule has 0 N–H and O–H groups in total. The van der Waals surface area contributed by atoms with Crippen LogP contribution in [-0.4, -0.2) is 39.7 Å². The third kappa shape index (κ3) is 5.71. The van der Waals surface area contributed by atoms with Gasteiger partial charge in [-0.05, 0) is 12.8 Å². The molecule has 0 bridgehead atoms. The molecule has 2 unspecified atom stereocenters. The van der Waals surface area contributed by atoms with E-state index in [0.717, 1.165) is 0 Å². The van der Waals surface area contributed by atoms with Crippen LogP contribution in [0.25, 0.3) is 0 Å². The van der Waals surface area contributed by atoms with Gasteiger partial charge in [0.1, 0.15) is 0 Å². The van der Waals surface area contributed by atoms with E-state index in [-0.39, 0.29) is 25.7 Å². The highest BCUT2D eigenvalue weighted by Crippen LogP contribution is 2.38. The lowest BCUT2D eigenvalue weighted by molar-refractivity contribution is -0.0144. The number of rotatable bonds is 12. The van der Waals surface area contributed by atoms with Crippen LogP contribution in [0.1, 0.15) is 52.4 Å². The van der Waals surface area contributed by atoms with E-state index in [9.17, 15) is 43.2 Å². The summed E-state index contributed by atoms with van der Waals surface area (Å²) in [4.78, 5) is 0. The molecular weight excluding hydrogens is 402 g/mol. The van der Waals surface area contributed by atoms with Crippen molar-refractivity contribution in [2.45, 2.75) is 75.2 Å². The van der Waals surface area contributed by atoms with Gasteiger partial charge in [0, 0.05) is 0 Å². The minimum absolute atomic E-state index is 0.168. The van der Waals surface area contributed by atoms with Gasteiger partial charge in [0.05, 0.1) is 0 Å². The van der Waals surface area contributed by atoms with E-state index in [4.69, 9.17) is 0 Å². The van der Waals surface area contributed by atoms with Gasteiger partial charge in [-0.3, -0.25) is 0 Å². The molecule has 0 aliphatic heterocycles. The maximum atomic E-state index is 13.5. The zero-order valence-electron chi connectivity index (χ0n) is 13.5. The molecule has 0 saturated heterocycles. The zero-order valence-corrected chi connectivity index (χ0v) is 15.2. The Balaban J connectivity index is 5.50. The lowest BCUT2D eigenvalue weighted by Crippen LogP contribution is -2.46. The molecule has 0 aromatic heterocycles. The summed E-state index contributed by atoms with van der Waals surface area (Å²) in [5, 5.41) is -10.8. The van der Waals surface area contributed by atoms with Crippen LogP contribution in [0.2, 0.25) is 0 Å². The second-order valence-electron chi connectivity index (χ2n) is 5.32. The van der Waals surface area contributed by atoms with Crippen LogP contribution >= 0.6 is 0 Å². The largest absolute Gasteiger partial charge is 0.401 e. The van der Waals surface area contributed by atoms with E-state index in [2.05, 4.69) is 3.63 Å². The predicted molar refractivity (Wildman–Crippen MR) is 77.7 cm³/mol. The SMILES string of the molecule is CCCCC(F)C(F)(F)S(=O)(=O)OS(=O)(=O)C(F)(F)C(F)CCCC. The van der Waals surface area contributed by atoms with Crippen LogP contribution in [0.3, 0.4) is 0 Å². The van der Waals surface area contributed by atoms with Crippen LogP contribution in [-0.2, 0) is 23.9 Å². The van der Waals surface area contributed by atoms with E-state index in [1.165, 1.54) is 13.8 Å². The summed E-state index contributed by atoms with van der Waals surface area (Å²) in [5.74, 6) is 0. The Morgan fingerprint density at radius 2 is 1.04 bits per heavy atom. The van der Waals surface area contributed by atoms with Gasteiger partial charge in [-0.2, -0.15) is 34.4 Å². The summed E-state index contributed by atoms with van der Waals surface area (Å²) in [6, 6.07) is 0. The minimum Gasteiger partial charge on any atom is -0.239 e. The first-order chi connectivity index (χ1) is 11.2. The van der Waals surface area contributed by atoms with Crippen LogP contribution < -0.4 is 0 Å². The van der Waals surface area contributed by atoms with E-state index >= 15 is 0 Å². The van der Waals surface area contributed by atoms with Crippen LogP contribution in [0.5, 0.6) is 0 Å². The Hall–Kier alpha value is -0.560. The first kappa shape index (κ1) is 24.4. The monoisotopic (exact) mass is 422 g/mol. The molecule has 152 valence electrons. The molecule has 0 rings (SSSR count). The first-order valence-electron chi connectivity index (χ1n) is 7.41. The molecule has 0 aromatic carbocycles.